The lowest BCUT2D eigenvalue weighted by atomic mass is 9.88. The molecule has 0 unspecified atom stereocenters. The van der Waals surface area contributed by atoms with Gasteiger partial charge in [0.05, 0.1) is 14.2 Å². The second-order valence-corrected chi connectivity index (χ2v) is 4.99. The van der Waals surface area contributed by atoms with E-state index in [0.717, 1.165) is 24.0 Å². The average Bonchev–Trinajstić information content (AvgIpc) is 3.15. The minimum absolute atomic E-state index is 0.0544. The molecule has 2 rings (SSSR count). The fraction of sp³-hybridized carbons (Fsp3) is 0.571. The third kappa shape index (κ3) is 1.67. The Morgan fingerprint density at radius 2 is 1.67 bits per heavy atom. The molecule has 0 heterocycles. The lowest BCUT2D eigenvalue weighted by molar-refractivity contribution is 0.364. The zero-order valence-electron chi connectivity index (χ0n) is 11.4. The lowest BCUT2D eigenvalue weighted by Crippen LogP contribution is -2.22. The molecule has 1 saturated carbocycles. The molecule has 1 aromatic rings. The van der Waals surface area contributed by atoms with Crippen molar-refractivity contribution in [1.29, 1.82) is 0 Å². The predicted molar refractivity (Wildman–Crippen MR) is 68.9 cm³/mol. The van der Waals surface area contributed by atoms with Gasteiger partial charge in [0.1, 0.15) is 5.75 Å². The molecular formula is C14H20FNO2. The molecule has 1 aliphatic carbocycles. The summed E-state index contributed by atoms with van der Waals surface area (Å²) in [5.41, 5.74) is 8.15. The zero-order valence-corrected chi connectivity index (χ0v) is 11.4. The van der Waals surface area contributed by atoms with Crippen molar-refractivity contribution < 1.29 is 13.9 Å². The summed E-state index contributed by atoms with van der Waals surface area (Å²) in [6.45, 7) is 4.14. The molecule has 0 bridgehead atoms. The fourth-order valence-corrected chi connectivity index (χ4v) is 2.75. The van der Waals surface area contributed by atoms with Crippen LogP contribution in [0.4, 0.5) is 4.39 Å². The molecule has 4 heteroatoms. The van der Waals surface area contributed by atoms with Crippen molar-refractivity contribution in [2.75, 3.05) is 20.8 Å². The minimum atomic E-state index is -0.344. The van der Waals surface area contributed by atoms with Crippen LogP contribution in [0, 0.1) is 19.7 Å². The largest absolute Gasteiger partial charge is 0.496 e. The van der Waals surface area contributed by atoms with E-state index < -0.39 is 0 Å². The van der Waals surface area contributed by atoms with Crippen molar-refractivity contribution in [3.05, 3.63) is 22.5 Å². The number of nitrogens with two attached hydrogens (primary N) is 1. The Morgan fingerprint density at radius 3 is 2.06 bits per heavy atom. The van der Waals surface area contributed by atoms with E-state index in [-0.39, 0.29) is 11.2 Å². The molecule has 1 aliphatic rings. The summed E-state index contributed by atoms with van der Waals surface area (Å²) in [5, 5.41) is 0. The first-order chi connectivity index (χ1) is 8.52. The van der Waals surface area contributed by atoms with E-state index in [9.17, 15) is 4.39 Å². The molecule has 18 heavy (non-hydrogen) atoms. The van der Waals surface area contributed by atoms with Gasteiger partial charge in [-0.3, -0.25) is 0 Å². The van der Waals surface area contributed by atoms with Crippen LogP contribution in [0.2, 0.25) is 0 Å². The molecule has 0 aromatic heterocycles. The van der Waals surface area contributed by atoms with Crippen LogP contribution in [0.25, 0.3) is 0 Å². The third-order valence-electron chi connectivity index (χ3n) is 3.99. The molecule has 1 fully saturated rings. The number of halogens is 1. The first-order valence-corrected chi connectivity index (χ1v) is 6.13. The molecule has 0 radical (unpaired) electrons. The Labute approximate surface area is 107 Å². The van der Waals surface area contributed by atoms with Crippen molar-refractivity contribution in [2.45, 2.75) is 32.1 Å². The summed E-state index contributed by atoms with van der Waals surface area (Å²) in [7, 11) is 3.06. The number of hydrogen-bond donors (Lipinski definition) is 1. The van der Waals surface area contributed by atoms with Gasteiger partial charge in [-0.15, -0.1) is 0 Å². The smallest absolute Gasteiger partial charge is 0.171 e. The van der Waals surface area contributed by atoms with Crippen LogP contribution in [0.15, 0.2) is 0 Å². The van der Waals surface area contributed by atoms with Crippen molar-refractivity contribution in [2.24, 2.45) is 5.73 Å². The van der Waals surface area contributed by atoms with E-state index in [0.29, 0.717) is 23.6 Å². The molecule has 0 spiro atoms. The number of rotatable bonds is 4. The van der Waals surface area contributed by atoms with Crippen LogP contribution in [0.3, 0.4) is 0 Å². The van der Waals surface area contributed by atoms with Crippen LogP contribution in [-0.4, -0.2) is 20.8 Å². The minimum Gasteiger partial charge on any atom is -0.496 e. The highest BCUT2D eigenvalue weighted by Gasteiger charge is 2.47. The van der Waals surface area contributed by atoms with Crippen LogP contribution < -0.4 is 15.2 Å². The maximum Gasteiger partial charge on any atom is 0.171 e. The van der Waals surface area contributed by atoms with Gasteiger partial charge in [-0.05, 0) is 26.7 Å². The van der Waals surface area contributed by atoms with Gasteiger partial charge in [0.15, 0.2) is 11.6 Å². The van der Waals surface area contributed by atoms with Crippen LogP contribution in [-0.2, 0) is 5.41 Å². The van der Waals surface area contributed by atoms with Crippen LogP contribution in [0.5, 0.6) is 11.5 Å². The standard InChI is InChI=1S/C14H20FNO2/c1-8-10(14(7-16)5-6-14)12(17-3)9(2)11(15)13(8)18-4/h5-7,16H2,1-4H3. The highest BCUT2D eigenvalue weighted by atomic mass is 19.1. The van der Waals surface area contributed by atoms with Gasteiger partial charge < -0.3 is 15.2 Å². The normalized spacial score (nSPS) is 16.6. The maximum absolute atomic E-state index is 14.2. The second kappa shape index (κ2) is 4.43. The highest BCUT2D eigenvalue weighted by Crippen LogP contribution is 2.54. The van der Waals surface area contributed by atoms with E-state index in [1.807, 2.05) is 6.92 Å². The van der Waals surface area contributed by atoms with E-state index in [2.05, 4.69) is 0 Å². The fourth-order valence-electron chi connectivity index (χ4n) is 2.75. The third-order valence-corrected chi connectivity index (χ3v) is 3.99. The lowest BCUT2D eigenvalue weighted by Gasteiger charge is -2.24. The quantitative estimate of drug-likeness (QED) is 0.896. The van der Waals surface area contributed by atoms with Gasteiger partial charge in [0, 0.05) is 28.7 Å². The first kappa shape index (κ1) is 13.1. The van der Waals surface area contributed by atoms with Crippen molar-refractivity contribution >= 4 is 0 Å². The molecular weight excluding hydrogens is 233 g/mol. The Bertz CT molecular complexity index is 481. The molecule has 0 aliphatic heterocycles. The molecule has 100 valence electrons. The molecule has 0 atom stereocenters. The van der Waals surface area contributed by atoms with Crippen LogP contribution >= 0.6 is 0 Å². The van der Waals surface area contributed by atoms with Crippen molar-refractivity contribution in [1.82, 2.24) is 0 Å². The average molecular weight is 253 g/mol. The summed E-state index contributed by atoms with van der Waals surface area (Å²) in [6, 6.07) is 0. The van der Waals surface area contributed by atoms with Crippen molar-refractivity contribution in [3.63, 3.8) is 0 Å². The zero-order chi connectivity index (χ0) is 13.5. The summed E-state index contributed by atoms with van der Waals surface area (Å²) in [5.74, 6) is 0.584. The van der Waals surface area contributed by atoms with Gasteiger partial charge in [-0.1, -0.05) is 0 Å². The molecule has 1 aromatic carbocycles. The van der Waals surface area contributed by atoms with E-state index >= 15 is 0 Å². The molecule has 0 saturated heterocycles. The van der Waals surface area contributed by atoms with Crippen molar-refractivity contribution in [3.8, 4) is 11.5 Å². The molecule has 2 N–H and O–H groups in total. The Balaban J connectivity index is 2.74. The summed E-state index contributed by atoms with van der Waals surface area (Å²) < 4.78 is 24.8. The van der Waals surface area contributed by atoms with E-state index in [1.165, 1.54) is 7.11 Å². The summed E-state index contributed by atoms with van der Waals surface area (Å²) in [6.07, 6.45) is 2.05. The van der Waals surface area contributed by atoms with Gasteiger partial charge in [0.25, 0.3) is 0 Å². The number of benzene rings is 1. The second-order valence-electron chi connectivity index (χ2n) is 4.99. The first-order valence-electron chi connectivity index (χ1n) is 6.13. The highest BCUT2D eigenvalue weighted by molar-refractivity contribution is 5.58. The van der Waals surface area contributed by atoms with E-state index in [4.69, 9.17) is 15.2 Å². The Hall–Kier alpha value is -1.29. The summed E-state index contributed by atoms with van der Waals surface area (Å²) in [4.78, 5) is 0. The SMILES string of the molecule is COc1c(C)c(C2(CN)CC2)c(OC)c(C)c1F. The van der Waals surface area contributed by atoms with E-state index in [1.54, 1.807) is 14.0 Å². The molecule has 0 amide bonds. The number of ether oxygens (including phenoxy) is 2. The maximum atomic E-state index is 14.2. The van der Waals surface area contributed by atoms with Crippen LogP contribution in [0.1, 0.15) is 29.5 Å². The number of hydrogen-bond acceptors (Lipinski definition) is 3. The number of methoxy groups -OCH3 is 2. The monoisotopic (exact) mass is 253 g/mol. The van der Waals surface area contributed by atoms with Gasteiger partial charge in [0.2, 0.25) is 0 Å². The summed E-state index contributed by atoms with van der Waals surface area (Å²) >= 11 is 0. The van der Waals surface area contributed by atoms with Gasteiger partial charge >= 0.3 is 0 Å². The topological polar surface area (TPSA) is 44.5 Å². The Morgan fingerprint density at radius 1 is 1.11 bits per heavy atom. The Kier molecular flexibility index (Phi) is 3.23. The molecule has 3 nitrogen and oxygen atoms in total. The predicted octanol–water partition coefficient (Wildman–Crippen LogP) is 2.45. The van der Waals surface area contributed by atoms with Gasteiger partial charge in [-0.2, -0.15) is 0 Å². The van der Waals surface area contributed by atoms with Gasteiger partial charge in [-0.25, -0.2) is 4.39 Å².